The number of halogens is 1. The van der Waals surface area contributed by atoms with Gasteiger partial charge in [0.05, 0.1) is 6.61 Å². The molecule has 0 aromatic rings. The minimum atomic E-state index is -1.94. The molecular formula is C5H9FO3. The molecule has 9 heavy (non-hydrogen) atoms. The van der Waals surface area contributed by atoms with Gasteiger partial charge in [-0.3, -0.25) is 0 Å². The molecule has 0 spiro atoms. The van der Waals surface area contributed by atoms with Gasteiger partial charge in [-0.05, 0) is 6.92 Å². The highest BCUT2D eigenvalue weighted by molar-refractivity contribution is 5.72. The number of ether oxygens (including phenoxy) is 2. The highest BCUT2D eigenvalue weighted by Crippen LogP contribution is 1.93. The zero-order valence-electron chi connectivity index (χ0n) is 5.39. The summed E-state index contributed by atoms with van der Waals surface area (Å²) in [6.07, 6.45) is -1.94. The number of carbonyl (C=O) groups excluding carboxylic acids is 1. The van der Waals surface area contributed by atoms with Gasteiger partial charge in [0.2, 0.25) is 0 Å². The first-order chi connectivity index (χ1) is 4.22. The number of esters is 1. The molecule has 0 saturated carbocycles. The Morgan fingerprint density at radius 2 is 2.33 bits per heavy atom. The van der Waals surface area contributed by atoms with Gasteiger partial charge in [-0.2, -0.15) is 0 Å². The quantitative estimate of drug-likeness (QED) is 0.530. The Balaban J connectivity index is 3.46. The maximum Gasteiger partial charge on any atom is 0.368 e. The molecular weight excluding hydrogens is 127 g/mol. The van der Waals surface area contributed by atoms with Gasteiger partial charge < -0.3 is 9.47 Å². The van der Waals surface area contributed by atoms with Crippen LogP contribution in [0.5, 0.6) is 0 Å². The molecule has 0 bridgehead atoms. The van der Waals surface area contributed by atoms with Crippen molar-refractivity contribution in [3.63, 3.8) is 0 Å². The van der Waals surface area contributed by atoms with E-state index in [0.29, 0.717) is 0 Å². The summed E-state index contributed by atoms with van der Waals surface area (Å²) in [4.78, 5) is 10.3. The highest BCUT2D eigenvalue weighted by Gasteiger charge is 2.15. The molecule has 0 aliphatic rings. The van der Waals surface area contributed by atoms with Gasteiger partial charge in [0.1, 0.15) is 0 Å². The molecule has 0 aromatic heterocycles. The van der Waals surface area contributed by atoms with Gasteiger partial charge in [-0.15, -0.1) is 0 Å². The molecule has 4 heteroatoms. The molecule has 0 radical (unpaired) electrons. The van der Waals surface area contributed by atoms with Crippen LogP contribution in [0.15, 0.2) is 0 Å². The first-order valence-corrected chi connectivity index (χ1v) is 2.55. The van der Waals surface area contributed by atoms with E-state index in [1.165, 1.54) is 0 Å². The van der Waals surface area contributed by atoms with Crippen LogP contribution in [0.3, 0.4) is 0 Å². The third-order valence-electron chi connectivity index (χ3n) is 0.679. The Bertz CT molecular complexity index is 94.2. The Morgan fingerprint density at radius 1 is 1.78 bits per heavy atom. The average molecular weight is 136 g/mol. The SMILES string of the molecule is CCOC(=O)C(F)OC. The minimum Gasteiger partial charge on any atom is -0.462 e. The van der Waals surface area contributed by atoms with E-state index in [4.69, 9.17) is 0 Å². The molecule has 0 aliphatic carbocycles. The van der Waals surface area contributed by atoms with Crippen molar-refractivity contribution in [2.24, 2.45) is 0 Å². The molecule has 0 aliphatic heterocycles. The summed E-state index contributed by atoms with van der Waals surface area (Å²) < 4.78 is 20.3. The van der Waals surface area contributed by atoms with Crippen LogP contribution in [0.1, 0.15) is 6.92 Å². The summed E-state index contributed by atoms with van der Waals surface area (Å²) in [5.41, 5.74) is 0. The fourth-order valence-electron chi connectivity index (χ4n) is 0.304. The summed E-state index contributed by atoms with van der Waals surface area (Å²) in [5, 5.41) is 0. The molecule has 1 unspecified atom stereocenters. The van der Waals surface area contributed by atoms with Crippen molar-refractivity contribution in [3.8, 4) is 0 Å². The van der Waals surface area contributed by atoms with Crippen molar-refractivity contribution in [1.29, 1.82) is 0 Å². The standard InChI is InChI=1S/C5H9FO3/c1-3-9-5(7)4(6)8-2/h4H,3H2,1-2H3. The van der Waals surface area contributed by atoms with Crippen LogP contribution in [-0.2, 0) is 14.3 Å². The largest absolute Gasteiger partial charge is 0.462 e. The number of hydrogen-bond donors (Lipinski definition) is 0. The normalized spacial score (nSPS) is 12.8. The van der Waals surface area contributed by atoms with Crippen molar-refractivity contribution in [2.45, 2.75) is 13.3 Å². The van der Waals surface area contributed by atoms with Crippen LogP contribution >= 0.6 is 0 Å². The second-order valence-corrected chi connectivity index (χ2v) is 1.30. The van der Waals surface area contributed by atoms with Crippen LogP contribution in [-0.4, -0.2) is 26.0 Å². The lowest BCUT2D eigenvalue weighted by molar-refractivity contribution is -0.165. The van der Waals surface area contributed by atoms with E-state index in [0.717, 1.165) is 7.11 Å². The average Bonchev–Trinajstić information content (AvgIpc) is 1.87. The maximum absolute atomic E-state index is 12.0. The lowest BCUT2D eigenvalue weighted by Gasteiger charge is -2.03. The van der Waals surface area contributed by atoms with Crippen LogP contribution < -0.4 is 0 Å². The number of methoxy groups -OCH3 is 1. The third kappa shape index (κ3) is 3.03. The number of hydrogen-bond acceptors (Lipinski definition) is 3. The van der Waals surface area contributed by atoms with E-state index in [-0.39, 0.29) is 6.61 Å². The van der Waals surface area contributed by atoms with Gasteiger partial charge in [-0.1, -0.05) is 0 Å². The van der Waals surface area contributed by atoms with E-state index in [1.54, 1.807) is 6.92 Å². The zero-order valence-corrected chi connectivity index (χ0v) is 5.39. The number of rotatable bonds is 3. The lowest BCUT2D eigenvalue weighted by atomic mass is 10.7. The van der Waals surface area contributed by atoms with Crippen LogP contribution in [0.4, 0.5) is 4.39 Å². The molecule has 0 amide bonds. The minimum absolute atomic E-state index is 0.169. The molecule has 0 fully saturated rings. The van der Waals surface area contributed by atoms with Crippen molar-refractivity contribution < 1.29 is 18.7 Å². The van der Waals surface area contributed by atoms with Crippen LogP contribution in [0, 0.1) is 0 Å². The Kier molecular flexibility index (Phi) is 3.96. The molecule has 54 valence electrons. The maximum atomic E-state index is 12.0. The first kappa shape index (κ1) is 8.36. The number of alkyl halides is 1. The highest BCUT2D eigenvalue weighted by atomic mass is 19.1. The second-order valence-electron chi connectivity index (χ2n) is 1.30. The summed E-state index contributed by atoms with van der Waals surface area (Å²) in [7, 11) is 1.10. The van der Waals surface area contributed by atoms with Crippen molar-refractivity contribution >= 4 is 5.97 Å². The van der Waals surface area contributed by atoms with E-state index < -0.39 is 12.3 Å². The fraction of sp³-hybridized carbons (Fsp3) is 0.800. The van der Waals surface area contributed by atoms with Gasteiger partial charge in [0, 0.05) is 7.11 Å². The van der Waals surface area contributed by atoms with Crippen molar-refractivity contribution in [1.82, 2.24) is 0 Å². The zero-order chi connectivity index (χ0) is 7.28. The van der Waals surface area contributed by atoms with E-state index in [1.807, 2.05) is 0 Å². The molecule has 0 saturated heterocycles. The third-order valence-corrected chi connectivity index (χ3v) is 0.679. The van der Waals surface area contributed by atoms with Gasteiger partial charge in [-0.25, -0.2) is 9.18 Å². The monoisotopic (exact) mass is 136 g/mol. The summed E-state index contributed by atoms with van der Waals surface area (Å²) in [6, 6.07) is 0. The molecule has 0 heterocycles. The Hall–Kier alpha value is -0.640. The summed E-state index contributed by atoms with van der Waals surface area (Å²) in [5.74, 6) is -0.972. The lowest BCUT2D eigenvalue weighted by Crippen LogP contribution is -2.20. The Morgan fingerprint density at radius 3 is 2.67 bits per heavy atom. The van der Waals surface area contributed by atoms with Crippen LogP contribution in [0.2, 0.25) is 0 Å². The predicted molar refractivity (Wildman–Crippen MR) is 28.5 cm³/mol. The number of carbonyl (C=O) groups is 1. The predicted octanol–water partition coefficient (Wildman–Crippen LogP) is 0.491. The van der Waals surface area contributed by atoms with Crippen molar-refractivity contribution in [2.75, 3.05) is 13.7 Å². The molecule has 3 nitrogen and oxygen atoms in total. The van der Waals surface area contributed by atoms with E-state index in [2.05, 4.69) is 9.47 Å². The molecule has 1 atom stereocenters. The van der Waals surface area contributed by atoms with Gasteiger partial charge >= 0.3 is 5.97 Å². The Labute approximate surface area is 52.8 Å². The second kappa shape index (κ2) is 4.26. The smallest absolute Gasteiger partial charge is 0.368 e. The van der Waals surface area contributed by atoms with Crippen LogP contribution in [0.25, 0.3) is 0 Å². The van der Waals surface area contributed by atoms with E-state index in [9.17, 15) is 9.18 Å². The first-order valence-electron chi connectivity index (χ1n) is 2.55. The van der Waals surface area contributed by atoms with Crippen molar-refractivity contribution in [3.05, 3.63) is 0 Å². The van der Waals surface area contributed by atoms with E-state index >= 15 is 0 Å². The summed E-state index contributed by atoms with van der Waals surface area (Å²) in [6.45, 7) is 1.77. The molecule has 0 rings (SSSR count). The van der Waals surface area contributed by atoms with Gasteiger partial charge in [0.15, 0.2) is 0 Å². The summed E-state index contributed by atoms with van der Waals surface area (Å²) >= 11 is 0. The topological polar surface area (TPSA) is 35.5 Å². The molecule has 0 aromatic carbocycles. The fourth-order valence-corrected chi connectivity index (χ4v) is 0.304. The molecule has 0 N–H and O–H groups in total. The van der Waals surface area contributed by atoms with Gasteiger partial charge in [0.25, 0.3) is 6.36 Å².